The molecule has 0 atom stereocenters. The lowest BCUT2D eigenvalue weighted by atomic mass is 10.3. The molecular weight excluding hydrogens is 330 g/mol. The molecule has 4 aromatic rings. The lowest BCUT2D eigenvalue weighted by Gasteiger charge is -2.08. The summed E-state index contributed by atoms with van der Waals surface area (Å²) in [6, 6.07) is 18.4. The molecule has 0 spiro atoms. The SMILES string of the molecule is Cc1ccnc2nc(C(=O)Nc3cccc(Oc4ccccc4)c3)nn12. The number of anilines is 1. The number of carbonyl (C=O) groups is 1. The summed E-state index contributed by atoms with van der Waals surface area (Å²) in [5, 5.41) is 6.98. The zero-order chi connectivity index (χ0) is 17.9. The van der Waals surface area contributed by atoms with Crippen molar-refractivity contribution in [1.29, 1.82) is 0 Å². The first-order valence-electron chi connectivity index (χ1n) is 8.02. The molecule has 26 heavy (non-hydrogen) atoms. The molecule has 0 radical (unpaired) electrons. The van der Waals surface area contributed by atoms with Gasteiger partial charge in [0.2, 0.25) is 5.82 Å². The molecule has 1 amide bonds. The Hall–Kier alpha value is -3.74. The number of nitrogens with zero attached hydrogens (tertiary/aromatic N) is 4. The fraction of sp³-hybridized carbons (Fsp3) is 0.0526. The van der Waals surface area contributed by atoms with E-state index in [0.29, 0.717) is 17.2 Å². The molecule has 0 unspecified atom stereocenters. The molecule has 2 heterocycles. The molecule has 7 heteroatoms. The van der Waals surface area contributed by atoms with Crippen LogP contribution >= 0.6 is 0 Å². The van der Waals surface area contributed by atoms with Crippen LogP contribution in [-0.4, -0.2) is 25.5 Å². The third kappa shape index (κ3) is 3.23. The van der Waals surface area contributed by atoms with Crippen molar-refractivity contribution in [2.24, 2.45) is 0 Å². The lowest BCUT2D eigenvalue weighted by molar-refractivity contribution is 0.101. The van der Waals surface area contributed by atoms with Crippen LogP contribution in [0, 0.1) is 6.92 Å². The van der Waals surface area contributed by atoms with Gasteiger partial charge < -0.3 is 10.1 Å². The molecule has 2 aromatic carbocycles. The number of para-hydroxylation sites is 1. The zero-order valence-electron chi connectivity index (χ0n) is 14.0. The van der Waals surface area contributed by atoms with Crippen LogP contribution in [0.4, 0.5) is 5.69 Å². The number of carbonyl (C=O) groups excluding carboxylic acids is 1. The van der Waals surface area contributed by atoms with Crippen molar-refractivity contribution in [3.8, 4) is 11.5 Å². The van der Waals surface area contributed by atoms with E-state index in [9.17, 15) is 4.79 Å². The van der Waals surface area contributed by atoms with E-state index in [2.05, 4.69) is 20.4 Å². The molecule has 0 aliphatic heterocycles. The molecule has 0 aliphatic rings. The fourth-order valence-corrected chi connectivity index (χ4v) is 2.45. The van der Waals surface area contributed by atoms with E-state index in [1.165, 1.54) is 4.52 Å². The first-order valence-corrected chi connectivity index (χ1v) is 8.02. The Morgan fingerprint density at radius 1 is 1.04 bits per heavy atom. The number of aromatic nitrogens is 4. The molecule has 0 fully saturated rings. The monoisotopic (exact) mass is 345 g/mol. The molecule has 4 rings (SSSR count). The number of benzene rings is 2. The third-order valence-electron chi connectivity index (χ3n) is 3.70. The van der Waals surface area contributed by atoms with Gasteiger partial charge in [0, 0.05) is 23.6 Å². The van der Waals surface area contributed by atoms with Gasteiger partial charge in [0.15, 0.2) is 0 Å². The number of amides is 1. The number of fused-ring (bicyclic) bond motifs is 1. The summed E-state index contributed by atoms with van der Waals surface area (Å²) in [6.45, 7) is 1.87. The standard InChI is InChI=1S/C19H15N5O2/c1-13-10-11-20-19-22-17(23-24(13)19)18(25)21-14-6-5-9-16(12-14)26-15-7-3-2-4-8-15/h2-12H,1H3,(H,21,25). The largest absolute Gasteiger partial charge is 0.457 e. The van der Waals surface area contributed by atoms with E-state index in [4.69, 9.17) is 4.74 Å². The van der Waals surface area contributed by atoms with Crippen molar-refractivity contribution in [3.63, 3.8) is 0 Å². The highest BCUT2D eigenvalue weighted by Gasteiger charge is 2.14. The Balaban J connectivity index is 1.53. The maximum Gasteiger partial charge on any atom is 0.295 e. The average molecular weight is 345 g/mol. The van der Waals surface area contributed by atoms with Crippen molar-refractivity contribution < 1.29 is 9.53 Å². The Kier molecular flexibility index (Phi) is 4.03. The van der Waals surface area contributed by atoms with Gasteiger partial charge in [0.05, 0.1) is 0 Å². The van der Waals surface area contributed by atoms with Crippen LogP contribution in [0.2, 0.25) is 0 Å². The number of hydrogen-bond donors (Lipinski definition) is 1. The second-order valence-corrected chi connectivity index (χ2v) is 5.63. The predicted octanol–water partition coefficient (Wildman–Crippen LogP) is 3.48. The molecule has 128 valence electrons. The van der Waals surface area contributed by atoms with Gasteiger partial charge in [-0.1, -0.05) is 24.3 Å². The van der Waals surface area contributed by atoms with E-state index in [0.717, 1.165) is 11.4 Å². The summed E-state index contributed by atoms with van der Waals surface area (Å²) >= 11 is 0. The highest BCUT2D eigenvalue weighted by Crippen LogP contribution is 2.24. The van der Waals surface area contributed by atoms with E-state index in [-0.39, 0.29) is 5.82 Å². The van der Waals surface area contributed by atoms with Crippen LogP contribution in [-0.2, 0) is 0 Å². The predicted molar refractivity (Wildman–Crippen MR) is 96.4 cm³/mol. The Labute approximate surface area is 149 Å². The van der Waals surface area contributed by atoms with Gasteiger partial charge >= 0.3 is 0 Å². The summed E-state index contributed by atoms with van der Waals surface area (Å²) in [5.41, 5.74) is 1.44. The van der Waals surface area contributed by atoms with Gasteiger partial charge in [-0.15, -0.1) is 5.10 Å². The highest BCUT2D eigenvalue weighted by atomic mass is 16.5. The first-order chi connectivity index (χ1) is 12.7. The van der Waals surface area contributed by atoms with Gasteiger partial charge in [-0.3, -0.25) is 4.79 Å². The highest BCUT2D eigenvalue weighted by molar-refractivity contribution is 6.01. The molecule has 2 aromatic heterocycles. The Morgan fingerprint density at radius 2 is 1.85 bits per heavy atom. The van der Waals surface area contributed by atoms with Crippen molar-refractivity contribution in [2.45, 2.75) is 6.92 Å². The first kappa shape index (κ1) is 15.8. The smallest absolute Gasteiger partial charge is 0.295 e. The Bertz CT molecular complexity index is 1080. The molecule has 0 saturated heterocycles. The number of aryl methyl sites for hydroxylation is 1. The maximum atomic E-state index is 12.4. The molecular formula is C19H15N5O2. The minimum Gasteiger partial charge on any atom is -0.457 e. The van der Waals surface area contributed by atoms with Crippen LogP contribution in [0.15, 0.2) is 66.9 Å². The summed E-state index contributed by atoms with van der Waals surface area (Å²) in [5.74, 6) is 1.37. The molecule has 0 aliphatic carbocycles. The second-order valence-electron chi connectivity index (χ2n) is 5.63. The molecule has 0 saturated carbocycles. The zero-order valence-corrected chi connectivity index (χ0v) is 14.0. The third-order valence-corrected chi connectivity index (χ3v) is 3.70. The van der Waals surface area contributed by atoms with Crippen molar-refractivity contribution in [3.05, 3.63) is 78.4 Å². The second kappa shape index (κ2) is 6.64. The summed E-state index contributed by atoms with van der Waals surface area (Å²) in [4.78, 5) is 20.7. The quantitative estimate of drug-likeness (QED) is 0.612. The summed E-state index contributed by atoms with van der Waals surface area (Å²) < 4.78 is 7.30. The van der Waals surface area contributed by atoms with Gasteiger partial charge in [0.25, 0.3) is 11.7 Å². The minimum atomic E-state index is -0.410. The minimum absolute atomic E-state index is 0.0566. The van der Waals surface area contributed by atoms with E-state index in [1.54, 1.807) is 30.5 Å². The Morgan fingerprint density at radius 3 is 2.65 bits per heavy atom. The van der Waals surface area contributed by atoms with E-state index in [1.807, 2.05) is 43.3 Å². The van der Waals surface area contributed by atoms with Crippen molar-refractivity contribution >= 4 is 17.4 Å². The van der Waals surface area contributed by atoms with Crippen LogP contribution in [0.25, 0.3) is 5.78 Å². The summed E-state index contributed by atoms with van der Waals surface area (Å²) in [6.07, 6.45) is 1.63. The van der Waals surface area contributed by atoms with Gasteiger partial charge in [-0.05, 0) is 37.3 Å². The fourth-order valence-electron chi connectivity index (χ4n) is 2.45. The van der Waals surface area contributed by atoms with Crippen molar-refractivity contribution in [2.75, 3.05) is 5.32 Å². The van der Waals surface area contributed by atoms with Gasteiger partial charge in [-0.25, -0.2) is 9.50 Å². The lowest BCUT2D eigenvalue weighted by Crippen LogP contribution is -2.14. The van der Waals surface area contributed by atoms with E-state index >= 15 is 0 Å². The van der Waals surface area contributed by atoms with Crippen LogP contribution < -0.4 is 10.1 Å². The number of nitrogens with one attached hydrogen (secondary N) is 1. The van der Waals surface area contributed by atoms with Crippen LogP contribution in [0.5, 0.6) is 11.5 Å². The average Bonchev–Trinajstić information content (AvgIpc) is 3.09. The summed E-state index contributed by atoms with van der Waals surface area (Å²) in [7, 11) is 0. The normalized spacial score (nSPS) is 10.7. The molecule has 1 N–H and O–H groups in total. The van der Waals surface area contributed by atoms with Crippen LogP contribution in [0.3, 0.4) is 0 Å². The van der Waals surface area contributed by atoms with Gasteiger partial charge in [-0.2, -0.15) is 4.98 Å². The number of hydrogen-bond acceptors (Lipinski definition) is 5. The topological polar surface area (TPSA) is 81.4 Å². The van der Waals surface area contributed by atoms with Crippen molar-refractivity contribution in [1.82, 2.24) is 19.6 Å². The van der Waals surface area contributed by atoms with Crippen LogP contribution in [0.1, 0.15) is 16.3 Å². The van der Waals surface area contributed by atoms with E-state index < -0.39 is 5.91 Å². The molecule has 7 nitrogen and oxygen atoms in total. The number of ether oxygens (including phenoxy) is 1. The van der Waals surface area contributed by atoms with Gasteiger partial charge in [0.1, 0.15) is 11.5 Å². The number of rotatable bonds is 4. The maximum absolute atomic E-state index is 12.4. The molecule has 0 bridgehead atoms.